The first-order chi connectivity index (χ1) is 17.7. The van der Waals surface area contributed by atoms with Gasteiger partial charge in [-0.3, -0.25) is 19.6 Å². The zero-order valence-corrected chi connectivity index (χ0v) is 19.5. The molecule has 7 heteroatoms. The van der Waals surface area contributed by atoms with Gasteiger partial charge in [0.2, 0.25) is 5.91 Å². The number of carbonyl (C=O) groups is 2. The number of benzene rings is 1. The highest BCUT2D eigenvalue weighted by atomic mass is 16.2. The molecular weight excluding hydrogens is 450 g/mol. The monoisotopic (exact) mass is 473 g/mol. The number of carbonyl (C=O) groups excluding carboxylic acids is 2. The van der Waals surface area contributed by atoms with Gasteiger partial charge in [0, 0.05) is 72.1 Å². The van der Waals surface area contributed by atoms with Crippen LogP contribution in [0.15, 0.2) is 85.0 Å². The summed E-state index contributed by atoms with van der Waals surface area (Å²) in [6.07, 6.45) is 11.0. The topological polar surface area (TPSA) is 88.1 Å². The van der Waals surface area contributed by atoms with E-state index in [2.05, 4.69) is 26.3 Å². The smallest absolute Gasteiger partial charge is 0.253 e. The highest BCUT2D eigenvalue weighted by Crippen LogP contribution is 2.35. The van der Waals surface area contributed by atoms with Gasteiger partial charge in [0.25, 0.3) is 5.91 Å². The molecule has 0 radical (unpaired) electrons. The van der Waals surface area contributed by atoms with Crippen molar-refractivity contribution >= 4 is 29.4 Å². The molecule has 0 atom stereocenters. The lowest BCUT2D eigenvalue weighted by Gasteiger charge is -2.16. The molecule has 0 saturated carbocycles. The van der Waals surface area contributed by atoms with Gasteiger partial charge < -0.3 is 10.2 Å². The van der Waals surface area contributed by atoms with Crippen LogP contribution < -0.4 is 10.2 Å². The first-order valence-electron chi connectivity index (χ1n) is 11.9. The molecule has 2 aliphatic rings. The summed E-state index contributed by atoms with van der Waals surface area (Å²) < 4.78 is 0. The molecule has 1 fully saturated rings. The van der Waals surface area contributed by atoms with E-state index < -0.39 is 0 Å². The standard InChI is InChI=1S/C29H23N5O2/c35-28-5-3-13-34(28)23-8-6-19(7-9-23)21-14-22(18-30-17-21)24-10-12-31-26-16-20(15-25(24)26)29(36)33-27-4-1-2-11-32-27/h1-2,4,6-12,14-15,17-18H,3,5,13,16H2,(H,32,33,36). The Morgan fingerprint density at radius 3 is 2.56 bits per heavy atom. The first kappa shape index (κ1) is 21.9. The predicted molar refractivity (Wildman–Crippen MR) is 139 cm³/mol. The third-order valence-corrected chi connectivity index (χ3v) is 6.58. The minimum atomic E-state index is -0.180. The number of hydrogen-bond donors (Lipinski definition) is 1. The van der Waals surface area contributed by atoms with Gasteiger partial charge in [0.1, 0.15) is 5.82 Å². The molecule has 2 amide bonds. The van der Waals surface area contributed by atoms with Crippen LogP contribution in [0.25, 0.3) is 28.3 Å². The Labute approximate surface area is 208 Å². The summed E-state index contributed by atoms with van der Waals surface area (Å²) in [5.74, 6) is 0.518. The van der Waals surface area contributed by atoms with Crippen LogP contribution in [-0.2, 0) is 16.0 Å². The molecule has 4 heterocycles. The molecule has 1 N–H and O–H groups in total. The van der Waals surface area contributed by atoms with Crippen molar-refractivity contribution in [1.82, 2.24) is 15.0 Å². The predicted octanol–water partition coefficient (Wildman–Crippen LogP) is 4.91. The second kappa shape index (κ2) is 9.19. The van der Waals surface area contributed by atoms with Crippen molar-refractivity contribution < 1.29 is 9.59 Å². The first-order valence-corrected chi connectivity index (χ1v) is 11.9. The third kappa shape index (κ3) is 4.15. The summed E-state index contributed by atoms with van der Waals surface area (Å²) in [5, 5.41) is 2.85. The Bertz CT molecular complexity index is 1500. The van der Waals surface area contributed by atoms with Crippen molar-refractivity contribution in [3.05, 3.63) is 96.2 Å². The van der Waals surface area contributed by atoms with E-state index in [1.165, 1.54) is 0 Å². The number of nitrogens with one attached hydrogen (secondary N) is 1. The van der Waals surface area contributed by atoms with Gasteiger partial charge in [0.15, 0.2) is 0 Å². The van der Waals surface area contributed by atoms with E-state index >= 15 is 0 Å². The molecule has 6 rings (SSSR count). The Balaban J connectivity index is 1.27. The summed E-state index contributed by atoms with van der Waals surface area (Å²) in [6.45, 7) is 0.776. The van der Waals surface area contributed by atoms with Crippen LogP contribution >= 0.6 is 0 Å². The largest absolute Gasteiger partial charge is 0.312 e. The van der Waals surface area contributed by atoms with E-state index in [-0.39, 0.29) is 11.8 Å². The molecule has 1 aliphatic heterocycles. The molecule has 1 aliphatic carbocycles. The average molecular weight is 474 g/mol. The van der Waals surface area contributed by atoms with Crippen molar-refractivity contribution in [3.8, 4) is 22.3 Å². The molecular formula is C29H23N5O2. The van der Waals surface area contributed by atoms with Gasteiger partial charge >= 0.3 is 0 Å². The number of rotatable bonds is 5. The van der Waals surface area contributed by atoms with Crippen LogP contribution in [0.4, 0.5) is 11.5 Å². The van der Waals surface area contributed by atoms with E-state index in [0.29, 0.717) is 24.2 Å². The van der Waals surface area contributed by atoms with Gasteiger partial charge in [-0.25, -0.2) is 4.98 Å². The molecule has 7 nitrogen and oxygen atoms in total. The molecule has 36 heavy (non-hydrogen) atoms. The average Bonchev–Trinajstić information content (AvgIpc) is 3.56. The Hall–Kier alpha value is -4.65. The van der Waals surface area contributed by atoms with Crippen LogP contribution in [0.3, 0.4) is 0 Å². The van der Waals surface area contributed by atoms with Crippen molar-refractivity contribution in [2.24, 2.45) is 0 Å². The number of amides is 2. The lowest BCUT2D eigenvalue weighted by Crippen LogP contribution is -2.23. The van der Waals surface area contributed by atoms with E-state index in [9.17, 15) is 9.59 Å². The molecule has 3 aromatic heterocycles. The second-order valence-corrected chi connectivity index (χ2v) is 8.89. The number of aromatic nitrogens is 3. The van der Waals surface area contributed by atoms with E-state index in [0.717, 1.165) is 52.2 Å². The molecule has 4 aromatic rings. The van der Waals surface area contributed by atoms with Crippen molar-refractivity contribution in [2.75, 3.05) is 16.8 Å². The lowest BCUT2D eigenvalue weighted by atomic mass is 9.98. The van der Waals surface area contributed by atoms with Gasteiger partial charge in [-0.1, -0.05) is 18.2 Å². The number of hydrogen-bond acceptors (Lipinski definition) is 5. The highest BCUT2D eigenvalue weighted by molar-refractivity contribution is 6.08. The number of anilines is 2. The maximum absolute atomic E-state index is 12.8. The highest BCUT2D eigenvalue weighted by Gasteiger charge is 2.23. The zero-order valence-electron chi connectivity index (χ0n) is 19.5. The number of fused-ring (bicyclic) bond motifs is 1. The van der Waals surface area contributed by atoms with Crippen LogP contribution in [0, 0.1) is 0 Å². The summed E-state index contributed by atoms with van der Waals surface area (Å²) in [7, 11) is 0. The van der Waals surface area contributed by atoms with Crippen molar-refractivity contribution in [1.29, 1.82) is 0 Å². The molecule has 1 aromatic carbocycles. The lowest BCUT2D eigenvalue weighted by molar-refractivity contribution is -0.117. The maximum atomic E-state index is 12.8. The van der Waals surface area contributed by atoms with Gasteiger partial charge in [-0.15, -0.1) is 0 Å². The number of nitrogens with zero attached hydrogens (tertiary/aromatic N) is 4. The van der Waals surface area contributed by atoms with E-state index in [4.69, 9.17) is 0 Å². The number of pyridine rings is 3. The van der Waals surface area contributed by atoms with Crippen LogP contribution in [-0.4, -0.2) is 33.3 Å². The van der Waals surface area contributed by atoms with Gasteiger partial charge in [-0.05, 0) is 60.0 Å². The fourth-order valence-electron chi connectivity index (χ4n) is 4.76. The fraction of sp³-hybridized carbons (Fsp3) is 0.138. The Morgan fingerprint density at radius 1 is 0.917 bits per heavy atom. The Kier molecular flexibility index (Phi) is 5.58. The Morgan fingerprint density at radius 2 is 1.78 bits per heavy atom. The van der Waals surface area contributed by atoms with Crippen LogP contribution in [0.5, 0.6) is 0 Å². The molecule has 0 unspecified atom stereocenters. The molecule has 0 bridgehead atoms. The van der Waals surface area contributed by atoms with Crippen LogP contribution in [0.1, 0.15) is 24.1 Å². The zero-order chi connectivity index (χ0) is 24.5. The minimum absolute atomic E-state index is 0.180. The minimum Gasteiger partial charge on any atom is -0.312 e. The third-order valence-electron chi connectivity index (χ3n) is 6.58. The maximum Gasteiger partial charge on any atom is 0.253 e. The van der Waals surface area contributed by atoms with Crippen LogP contribution in [0.2, 0.25) is 0 Å². The summed E-state index contributed by atoms with van der Waals surface area (Å²) in [4.78, 5) is 39.9. The fourth-order valence-corrected chi connectivity index (χ4v) is 4.76. The van der Waals surface area contributed by atoms with Crippen molar-refractivity contribution in [3.63, 3.8) is 0 Å². The quantitative estimate of drug-likeness (QED) is 0.445. The summed E-state index contributed by atoms with van der Waals surface area (Å²) >= 11 is 0. The van der Waals surface area contributed by atoms with Gasteiger partial charge in [-0.2, -0.15) is 0 Å². The normalized spacial score (nSPS) is 14.5. The molecule has 176 valence electrons. The SMILES string of the molecule is O=C(Nc1ccccn1)C1=Cc2c(-c3cncc(-c4ccc(N5CCCC5=O)cc4)c3)ccnc2C1. The van der Waals surface area contributed by atoms with Crippen molar-refractivity contribution in [2.45, 2.75) is 19.3 Å². The van der Waals surface area contributed by atoms with E-state index in [1.807, 2.05) is 65.8 Å². The summed E-state index contributed by atoms with van der Waals surface area (Å²) in [6, 6.07) is 17.5. The second-order valence-electron chi connectivity index (χ2n) is 8.89. The molecule has 0 spiro atoms. The molecule has 1 saturated heterocycles. The van der Waals surface area contributed by atoms with E-state index in [1.54, 1.807) is 18.5 Å². The van der Waals surface area contributed by atoms with Gasteiger partial charge in [0.05, 0.1) is 5.69 Å². The summed E-state index contributed by atoms with van der Waals surface area (Å²) in [5.41, 5.74) is 7.31.